The number of aliphatic imine (C=N–C) groups is 1. The molecule has 0 heterocycles. The van der Waals surface area contributed by atoms with Crippen molar-refractivity contribution in [2.45, 2.75) is 39.8 Å². The van der Waals surface area contributed by atoms with Crippen LogP contribution in [-0.2, 0) is 6.54 Å². The van der Waals surface area contributed by atoms with Crippen LogP contribution >= 0.6 is 39.9 Å². The topological polar surface area (TPSA) is 36.4 Å². The molecule has 0 aliphatic rings. The number of hydrogen-bond donors (Lipinski definition) is 2. The second kappa shape index (κ2) is 10.4. The lowest BCUT2D eigenvalue weighted by Crippen LogP contribution is -2.41. The van der Waals surface area contributed by atoms with Crippen LogP contribution in [0.5, 0.6) is 0 Å². The van der Waals surface area contributed by atoms with Gasteiger partial charge in [-0.3, -0.25) is 0 Å². The number of guanidine groups is 1. The molecular weight excluding hydrogens is 436 g/mol. The summed E-state index contributed by atoms with van der Waals surface area (Å²) in [6.45, 7) is 7.49. The van der Waals surface area contributed by atoms with Crippen LogP contribution in [0, 0.1) is 5.82 Å². The van der Waals surface area contributed by atoms with E-state index in [4.69, 9.17) is 0 Å². The highest BCUT2D eigenvalue weighted by Crippen LogP contribution is 2.15. The third kappa shape index (κ3) is 7.42. The maximum Gasteiger partial charge on any atom is 0.191 e. The van der Waals surface area contributed by atoms with Gasteiger partial charge in [0.2, 0.25) is 0 Å². The number of hydrogen-bond acceptors (Lipinski definition) is 1. The Bertz CT molecular complexity index is 420. The molecule has 0 bridgehead atoms. The number of halogens is 3. The zero-order valence-electron chi connectivity index (χ0n) is 12.0. The van der Waals surface area contributed by atoms with E-state index in [0.29, 0.717) is 12.6 Å². The van der Waals surface area contributed by atoms with E-state index in [1.54, 1.807) is 0 Å². The van der Waals surface area contributed by atoms with Crippen LogP contribution in [0.1, 0.15) is 32.8 Å². The summed E-state index contributed by atoms with van der Waals surface area (Å²) in [6, 6.07) is 5.17. The lowest BCUT2D eigenvalue weighted by atomic mass is 10.2. The van der Waals surface area contributed by atoms with Crippen molar-refractivity contribution in [1.29, 1.82) is 0 Å². The maximum atomic E-state index is 13.3. The van der Waals surface area contributed by atoms with Gasteiger partial charge in [0.05, 0.1) is 6.54 Å². The number of benzene rings is 1. The molecule has 0 fully saturated rings. The summed E-state index contributed by atoms with van der Waals surface area (Å²) in [7, 11) is 0. The molecule has 1 atom stereocenters. The molecule has 2 N–H and O–H groups in total. The summed E-state index contributed by atoms with van der Waals surface area (Å²) in [4.78, 5) is 4.46. The van der Waals surface area contributed by atoms with Crippen molar-refractivity contribution in [3.8, 4) is 0 Å². The van der Waals surface area contributed by atoms with Gasteiger partial charge in [-0.2, -0.15) is 0 Å². The maximum absolute atomic E-state index is 13.3. The van der Waals surface area contributed by atoms with E-state index in [2.05, 4.69) is 45.4 Å². The number of nitrogens with one attached hydrogen (secondary N) is 2. The lowest BCUT2D eigenvalue weighted by molar-refractivity contribution is 0.620. The molecule has 0 saturated heterocycles. The van der Waals surface area contributed by atoms with E-state index in [1.807, 2.05) is 13.0 Å². The standard InChI is InChI=1S/C14H21BrFN3.HI/c1-4-10(3)19-14(17-5-2)18-9-11-6-12(15)8-13(16)7-11;/h6-8,10H,4-5,9H2,1-3H3,(H2,17,18,19);1H. The van der Waals surface area contributed by atoms with E-state index >= 15 is 0 Å². The van der Waals surface area contributed by atoms with Gasteiger partial charge in [-0.25, -0.2) is 9.38 Å². The van der Waals surface area contributed by atoms with Gasteiger partial charge in [0.1, 0.15) is 5.82 Å². The molecule has 114 valence electrons. The van der Waals surface area contributed by atoms with Crippen LogP contribution in [0.3, 0.4) is 0 Å². The molecule has 0 radical (unpaired) electrons. The third-order valence-corrected chi connectivity index (χ3v) is 3.14. The first-order valence-corrected chi connectivity index (χ1v) is 7.34. The molecule has 0 aromatic heterocycles. The molecule has 1 rings (SSSR count). The Morgan fingerprint density at radius 1 is 1.35 bits per heavy atom. The van der Waals surface area contributed by atoms with Gasteiger partial charge in [0.25, 0.3) is 0 Å². The van der Waals surface area contributed by atoms with Crippen molar-refractivity contribution in [3.63, 3.8) is 0 Å². The molecule has 1 aromatic carbocycles. The Kier molecular flexibility index (Phi) is 10.2. The molecule has 0 saturated carbocycles. The molecule has 0 aliphatic carbocycles. The number of rotatable bonds is 5. The summed E-state index contributed by atoms with van der Waals surface area (Å²) >= 11 is 3.28. The van der Waals surface area contributed by atoms with Crippen molar-refractivity contribution in [1.82, 2.24) is 10.6 Å². The molecule has 0 spiro atoms. The van der Waals surface area contributed by atoms with Gasteiger partial charge < -0.3 is 10.6 Å². The van der Waals surface area contributed by atoms with E-state index < -0.39 is 0 Å². The zero-order valence-corrected chi connectivity index (χ0v) is 16.0. The van der Waals surface area contributed by atoms with Gasteiger partial charge in [-0.15, -0.1) is 24.0 Å². The smallest absolute Gasteiger partial charge is 0.191 e. The average Bonchev–Trinajstić information content (AvgIpc) is 2.35. The van der Waals surface area contributed by atoms with Crippen LogP contribution in [0.2, 0.25) is 0 Å². The van der Waals surface area contributed by atoms with E-state index in [-0.39, 0.29) is 29.8 Å². The second-order valence-corrected chi connectivity index (χ2v) is 5.34. The fourth-order valence-electron chi connectivity index (χ4n) is 1.53. The quantitative estimate of drug-likeness (QED) is 0.397. The van der Waals surface area contributed by atoms with Crippen molar-refractivity contribution < 1.29 is 4.39 Å². The van der Waals surface area contributed by atoms with E-state index in [0.717, 1.165) is 29.0 Å². The zero-order chi connectivity index (χ0) is 14.3. The second-order valence-electron chi connectivity index (χ2n) is 4.43. The molecule has 0 amide bonds. The van der Waals surface area contributed by atoms with Crippen LogP contribution in [-0.4, -0.2) is 18.5 Å². The predicted molar refractivity (Wildman–Crippen MR) is 97.2 cm³/mol. The fourth-order valence-corrected chi connectivity index (χ4v) is 2.04. The van der Waals surface area contributed by atoms with Gasteiger partial charge in [-0.05, 0) is 44.0 Å². The Labute approximate surface area is 146 Å². The van der Waals surface area contributed by atoms with Crippen LogP contribution in [0.4, 0.5) is 4.39 Å². The minimum absolute atomic E-state index is 0. The molecule has 6 heteroatoms. The van der Waals surface area contributed by atoms with Crippen LogP contribution in [0.25, 0.3) is 0 Å². The molecule has 3 nitrogen and oxygen atoms in total. The molecule has 1 aromatic rings. The Balaban J connectivity index is 0.00000361. The summed E-state index contributed by atoms with van der Waals surface area (Å²) in [5.74, 6) is 0.511. The Morgan fingerprint density at radius 2 is 2.05 bits per heavy atom. The average molecular weight is 458 g/mol. The number of nitrogens with zero attached hydrogens (tertiary/aromatic N) is 1. The van der Waals surface area contributed by atoms with Crippen molar-refractivity contribution in [2.24, 2.45) is 4.99 Å². The predicted octanol–water partition coefficient (Wildman–Crippen LogP) is 4.06. The summed E-state index contributed by atoms with van der Waals surface area (Å²) < 4.78 is 14.0. The molecular formula is C14H22BrFIN3. The monoisotopic (exact) mass is 457 g/mol. The minimum atomic E-state index is -0.250. The molecule has 20 heavy (non-hydrogen) atoms. The van der Waals surface area contributed by atoms with E-state index in [9.17, 15) is 4.39 Å². The SMILES string of the molecule is CCNC(=NCc1cc(F)cc(Br)c1)NC(C)CC.I. The highest BCUT2D eigenvalue weighted by Gasteiger charge is 2.03. The normalized spacial score (nSPS) is 12.6. The van der Waals surface area contributed by atoms with Gasteiger partial charge in [0.15, 0.2) is 5.96 Å². The van der Waals surface area contributed by atoms with Crippen molar-refractivity contribution >= 4 is 45.9 Å². The van der Waals surface area contributed by atoms with Crippen LogP contribution < -0.4 is 10.6 Å². The summed E-state index contributed by atoms with van der Waals surface area (Å²) in [5, 5.41) is 6.48. The van der Waals surface area contributed by atoms with Gasteiger partial charge in [-0.1, -0.05) is 22.9 Å². The highest BCUT2D eigenvalue weighted by molar-refractivity contribution is 14.0. The van der Waals surface area contributed by atoms with E-state index in [1.165, 1.54) is 12.1 Å². The van der Waals surface area contributed by atoms with Crippen LogP contribution in [0.15, 0.2) is 27.7 Å². The van der Waals surface area contributed by atoms with Crippen molar-refractivity contribution in [3.05, 3.63) is 34.1 Å². The summed E-state index contributed by atoms with van der Waals surface area (Å²) in [6.07, 6.45) is 1.02. The first-order valence-electron chi connectivity index (χ1n) is 6.55. The van der Waals surface area contributed by atoms with Gasteiger partial charge in [0, 0.05) is 17.1 Å². The highest BCUT2D eigenvalue weighted by atomic mass is 127. The Hall–Kier alpha value is -0.370. The lowest BCUT2D eigenvalue weighted by Gasteiger charge is -2.16. The fraction of sp³-hybridized carbons (Fsp3) is 0.500. The third-order valence-electron chi connectivity index (χ3n) is 2.68. The van der Waals surface area contributed by atoms with Crippen molar-refractivity contribution in [2.75, 3.05) is 6.54 Å². The summed E-state index contributed by atoms with van der Waals surface area (Å²) in [5.41, 5.74) is 0.841. The first-order chi connectivity index (χ1) is 9.05. The first kappa shape index (κ1) is 19.6. The largest absolute Gasteiger partial charge is 0.357 e. The molecule has 0 aliphatic heterocycles. The minimum Gasteiger partial charge on any atom is -0.357 e. The molecule has 1 unspecified atom stereocenters. The Morgan fingerprint density at radius 3 is 2.60 bits per heavy atom. The van der Waals surface area contributed by atoms with Gasteiger partial charge >= 0.3 is 0 Å².